The van der Waals surface area contributed by atoms with Gasteiger partial charge in [-0.1, -0.05) is 18.2 Å². The second kappa shape index (κ2) is 7.71. The number of hydroxylamine groups is 1. The number of hydrogen-bond donors (Lipinski definition) is 2. The van der Waals surface area contributed by atoms with E-state index in [1.165, 1.54) is 12.8 Å². The zero-order valence-corrected chi connectivity index (χ0v) is 18.6. The average Bonchev–Trinajstić information content (AvgIpc) is 3.58. The molecule has 1 saturated carbocycles. The summed E-state index contributed by atoms with van der Waals surface area (Å²) < 4.78 is 8.19. The molecule has 4 aromatic rings. The van der Waals surface area contributed by atoms with Crippen LogP contribution in [0.5, 0.6) is 0 Å². The van der Waals surface area contributed by atoms with Crippen LogP contribution in [0.3, 0.4) is 0 Å². The molecule has 0 atom stereocenters. The smallest absolute Gasteiger partial charge is 0.258 e. The number of hydrogen-bond acceptors (Lipinski definition) is 6. The molecule has 2 aromatic heterocycles. The molecule has 0 unspecified atom stereocenters. The summed E-state index contributed by atoms with van der Waals surface area (Å²) >= 11 is 1.14. The summed E-state index contributed by atoms with van der Waals surface area (Å²) in [6.07, 6.45) is 4.24. The number of rotatable bonds is 6. The fourth-order valence-corrected chi connectivity index (χ4v) is 4.53. The van der Waals surface area contributed by atoms with E-state index in [0.717, 1.165) is 55.7 Å². The van der Waals surface area contributed by atoms with Crippen molar-refractivity contribution in [1.29, 1.82) is 0 Å². The molecular formula is C23H25N5O2S. The van der Waals surface area contributed by atoms with Gasteiger partial charge in [-0.05, 0) is 43.4 Å². The quantitative estimate of drug-likeness (QED) is 0.339. The minimum Gasteiger partial charge on any atom is -0.331 e. The van der Waals surface area contributed by atoms with Gasteiger partial charge >= 0.3 is 0 Å². The van der Waals surface area contributed by atoms with Crippen molar-refractivity contribution < 1.29 is 5.21 Å². The third kappa shape index (κ3) is 3.50. The van der Waals surface area contributed by atoms with E-state index in [2.05, 4.69) is 28.5 Å². The summed E-state index contributed by atoms with van der Waals surface area (Å²) in [5.74, 6) is 1.62. The molecule has 1 aliphatic rings. The maximum absolute atomic E-state index is 12.7. The topological polar surface area (TPSA) is 75.3 Å². The van der Waals surface area contributed by atoms with E-state index in [9.17, 15) is 10.0 Å². The molecular weight excluding hydrogens is 410 g/mol. The fourth-order valence-electron chi connectivity index (χ4n) is 4.08. The minimum absolute atomic E-state index is 0.0148. The number of imidazole rings is 1. The Balaban J connectivity index is 1.78. The minimum atomic E-state index is -0.0148. The van der Waals surface area contributed by atoms with Gasteiger partial charge in [0.05, 0.1) is 23.2 Å². The van der Waals surface area contributed by atoms with Crippen molar-refractivity contribution in [2.75, 3.05) is 11.3 Å². The number of anilines is 1. The van der Waals surface area contributed by atoms with Crippen LogP contribution in [0.25, 0.3) is 32.9 Å². The fraction of sp³-hybridized carbons (Fsp3) is 0.304. The normalized spacial score (nSPS) is 14.1. The van der Waals surface area contributed by atoms with Crippen LogP contribution in [0, 0.1) is 0 Å². The molecule has 2 heterocycles. The Labute approximate surface area is 184 Å². The van der Waals surface area contributed by atoms with Gasteiger partial charge in [-0.3, -0.25) is 4.79 Å². The van der Waals surface area contributed by atoms with Crippen LogP contribution >= 0.6 is 12.1 Å². The lowest BCUT2D eigenvalue weighted by atomic mass is 9.99. The van der Waals surface area contributed by atoms with Crippen LogP contribution in [-0.2, 0) is 14.1 Å². The van der Waals surface area contributed by atoms with E-state index >= 15 is 0 Å². The standard InChI is InChI=1S/C23H25N5O2S/c1-4-28(30)31-25-15-11-18(21-20(12-15)27(3)22(24-21)14-9-10-14)19-13-26(2)23(29)17-8-6-5-7-16(17)19/h5-8,11-14,25,30H,4,9-10H2,1-3H3. The molecule has 2 N–H and O–H groups in total. The molecule has 0 bridgehead atoms. The lowest BCUT2D eigenvalue weighted by Gasteiger charge is -2.15. The Morgan fingerprint density at radius 3 is 2.65 bits per heavy atom. The lowest BCUT2D eigenvalue weighted by Crippen LogP contribution is -2.16. The first kappa shape index (κ1) is 20.1. The second-order valence-corrected chi connectivity index (χ2v) is 8.87. The molecule has 0 amide bonds. The summed E-state index contributed by atoms with van der Waals surface area (Å²) in [5, 5.41) is 11.4. The lowest BCUT2D eigenvalue weighted by molar-refractivity contribution is 0.0230. The van der Waals surface area contributed by atoms with Gasteiger partial charge in [0.15, 0.2) is 0 Å². The average molecular weight is 436 g/mol. The molecule has 0 radical (unpaired) electrons. The first-order chi connectivity index (χ1) is 15.0. The number of aromatic nitrogens is 3. The molecule has 160 valence electrons. The molecule has 5 rings (SSSR count). The van der Waals surface area contributed by atoms with Gasteiger partial charge in [-0.25, -0.2) is 4.98 Å². The van der Waals surface area contributed by atoms with Gasteiger partial charge in [0, 0.05) is 55.0 Å². The Morgan fingerprint density at radius 2 is 1.94 bits per heavy atom. The van der Waals surface area contributed by atoms with E-state index in [-0.39, 0.29) is 5.56 Å². The Hall–Kier alpha value is -2.81. The van der Waals surface area contributed by atoms with Gasteiger partial charge in [-0.15, -0.1) is 4.47 Å². The first-order valence-corrected chi connectivity index (χ1v) is 11.2. The zero-order valence-electron chi connectivity index (χ0n) is 17.8. The van der Waals surface area contributed by atoms with Gasteiger partial charge < -0.3 is 19.1 Å². The molecule has 7 nitrogen and oxygen atoms in total. The number of pyridine rings is 1. The number of benzene rings is 2. The van der Waals surface area contributed by atoms with Crippen LogP contribution in [0.15, 0.2) is 47.4 Å². The van der Waals surface area contributed by atoms with E-state index in [1.807, 2.05) is 37.4 Å². The van der Waals surface area contributed by atoms with E-state index in [1.54, 1.807) is 11.6 Å². The summed E-state index contributed by atoms with van der Waals surface area (Å²) in [7, 11) is 3.85. The van der Waals surface area contributed by atoms with Crippen molar-refractivity contribution in [1.82, 2.24) is 18.6 Å². The molecule has 0 aliphatic heterocycles. The van der Waals surface area contributed by atoms with Crippen LogP contribution in [0.4, 0.5) is 5.69 Å². The number of aryl methyl sites for hydroxylation is 2. The molecule has 1 fully saturated rings. The zero-order chi connectivity index (χ0) is 21.7. The third-order valence-electron chi connectivity index (χ3n) is 5.88. The highest BCUT2D eigenvalue weighted by Gasteiger charge is 2.29. The SMILES string of the molecule is CCN(O)SNc1cc(-c2cn(C)c(=O)c3ccccc23)c2nc(C3CC3)n(C)c2c1. The van der Waals surface area contributed by atoms with E-state index in [0.29, 0.717) is 17.8 Å². The monoisotopic (exact) mass is 435 g/mol. The molecule has 31 heavy (non-hydrogen) atoms. The van der Waals surface area contributed by atoms with Gasteiger partial charge in [-0.2, -0.15) is 0 Å². The van der Waals surface area contributed by atoms with Crippen LogP contribution in [0.1, 0.15) is 31.5 Å². The Bertz CT molecular complexity index is 1360. The van der Waals surface area contributed by atoms with Crippen molar-refractivity contribution in [3.8, 4) is 11.1 Å². The van der Waals surface area contributed by atoms with Gasteiger partial charge in [0.2, 0.25) is 0 Å². The van der Waals surface area contributed by atoms with Crippen molar-refractivity contribution >= 4 is 39.6 Å². The summed E-state index contributed by atoms with van der Waals surface area (Å²) in [4.78, 5) is 17.7. The molecule has 2 aromatic carbocycles. The summed E-state index contributed by atoms with van der Waals surface area (Å²) in [6.45, 7) is 2.37. The van der Waals surface area contributed by atoms with Crippen LogP contribution < -0.4 is 10.3 Å². The van der Waals surface area contributed by atoms with Crippen molar-refractivity contribution in [3.05, 3.63) is 58.8 Å². The molecule has 1 aliphatic carbocycles. The maximum Gasteiger partial charge on any atom is 0.258 e. The predicted octanol–water partition coefficient (Wildman–Crippen LogP) is 4.66. The van der Waals surface area contributed by atoms with Crippen LogP contribution in [-0.4, -0.2) is 30.3 Å². The van der Waals surface area contributed by atoms with Gasteiger partial charge in [0.1, 0.15) is 5.82 Å². The largest absolute Gasteiger partial charge is 0.331 e. The van der Waals surface area contributed by atoms with E-state index < -0.39 is 0 Å². The number of nitrogens with zero attached hydrogens (tertiary/aromatic N) is 4. The van der Waals surface area contributed by atoms with Crippen molar-refractivity contribution in [2.24, 2.45) is 14.1 Å². The highest BCUT2D eigenvalue weighted by molar-refractivity contribution is 7.98. The van der Waals surface area contributed by atoms with Gasteiger partial charge in [0.25, 0.3) is 5.56 Å². The Kier molecular flexibility index (Phi) is 5.00. The number of fused-ring (bicyclic) bond motifs is 2. The highest BCUT2D eigenvalue weighted by Crippen LogP contribution is 2.43. The first-order valence-electron chi connectivity index (χ1n) is 10.5. The van der Waals surface area contributed by atoms with E-state index in [4.69, 9.17) is 4.98 Å². The highest BCUT2D eigenvalue weighted by atomic mass is 32.2. The number of nitrogens with one attached hydrogen (secondary N) is 1. The second-order valence-electron chi connectivity index (χ2n) is 8.06. The van der Waals surface area contributed by atoms with Crippen molar-refractivity contribution in [2.45, 2.75) is 25.7 Å². The summed E-state index contributed by atoms with van der Waals surface area (Å²) in [5.41, 5.74) is 4.74. The maximum atomic E-state index is 12.7. The molecule has 0 spiro atoms. The Morgan fingerprint density at radius 1 is 1.19 bits per heavy atom. The molecule has 8 heteroatoms. The third-order valence-corrected chi connectivity index (χ3v) is 6.68. The van der Waals surface area contributed by atoms with Crippen molar-refractivity contribution in [3.63, 3.8) is 0 Å². The molecule has 0 saturated heterocycles. The van der Waals surface area contributed by atoms with Crippen LogP contribution in [0.2, 0.25) is 0 Å². The predicted molar refractivity (Wildman–Crippen MR) is 126 cm³/mol. The summed E-state index contributed by atoms with van der Waals surface area (Å²) in [6, 6.07) is 11.8.